The first kappa shape index (κ1) is 12.8. The van der Waals surface area contributed by atoms with Crippen molar-refractivity contribution < 1.29 is 9.53 Å². The van der Waals surface area contributed by atoms with Gasteiger partial charge in [-0.15, -0.1) is 0 Å². The van der Waals surface area contributed by atoms with Crippen LogP contribution >= 0.6 is 0 Å². The predicted molar refractivity (Wildman–Crippen MR) is 66.7 cm³/mol. The van der Waals surface area contributed by atoms with Crippen LogP contribution in [0.1, 0.15) is 32.6 Å². The van der Waals surface area contributed by atoms with Gasteiger partial charge in [0.25, 0.3) is 0 Å². The van der Waals surface area contributed by atoms with E-state index in [4.69, 9.17) is 4.74 Å². The summed E-state index contributed by atoms with van der Waals surface area (Å²) in [5, 5.41) is 6.73. The van der Waals surface area contributed by atoms with E-state index in [-0.39, 0.29) is 5.97 Å². The number of ether oxygens (including phenoxy) is 1. The molecular formula is C13H24N2O2. The Morgan fingerprint density at radius 1 is 1.35 bits per heavy atom. The third kappa shape index (κ3) is 2.99. The smallest absolute Gasteiger partial charge is 0.325 e. The van der Waals surface area contributed by atoms with Crippen LogP contribution < -0.4 is 10.6 Å². The van der Waals surface area contributed by atoms with Gasteiger partial charge in [-0.3, -0.25) is 4.79 Å². The maximum Gasteiger partial charge on any atom is 0.325 e. The molecule has 0 radical (unpaired) electrons. The topological polar surface area (TPSA) is 50.4 Å². The lowest BCUT2D eigenvalue weighted by Crippen LogP contribution is -2.45. The molecule has 2 unspecified atom stereocenters. The average Bonchev–Trinajstić information content (AvgIpc) is 2.72. The Hall–Kier alpha value is -0.610. The summed E-state index contributed by atoms with van der Waals surface area (Å²) in [5.41, 5.74) is -0.452. The summed E-state index contributed by atoms with van der Waals surface area (Å²) in [7, 11) is 1.47. The molecule has 0 saturated carbocycles. The van der Waals surface area contributed by atoms with E-state index < -0.39 is 5.54 Å². The van der Waals surface area contributed by atoms with Gasteiger partial charge in [0.1, 0.15) is 5.54 Å². The minimum absolute atomic E-state index is 0.120. The standard InChI is InChI=1S/C13H24N2O2/c1-13(12(16)17-2)8-11(9-15-13)7-10-3-5-14-6-4-10/h10-11,14-15H,3-9H2,1-2H3. The fourth-order valence-electron chi connectivity index (χ4n) is 3.23. The molecule has 2 fully saturated rings. The molecule has 2 aliphatic rings. The quantitative estimate of drug-likeness (QED) is 0.720. The summed E-state index contributed by atoms with van der Waals surface area (Å²) in [4.78, 5) is 11.7. The zero-order valence-electron chi connectivity index (χ0n) is 10.9. The molecule has 2 atom stereocenters. The molecule has 0 spiro atoms. The highest BCUT2D eigenvalue weighted by Gasteiger charge is 2.42. The lowest BCUT2D eigenvalue weighted by atomic mass is 9.84. The molecule has 2 saturated heterocycles. The van der Waals surface area contributed by atoms with Crippen molar-refractivity contribution >= 4 is 5.97 Å². The van der Waals surface area contributed by atoms with E-state index in [1.165, 1.54) is 26.4 Å². The average molecular weight is 240 g/mol. The summed E-state index contributed by atoms with van der Waals surface area (Å²) in [5.74, 6) is 1.34. The van der Waals surface area contributed by atoms with Crippen molar-refractivity contribution in [1.82, 2.24) is 10.6 Å². The van der Waals surface area contributed by atoms with Crippen LogP contribution in [0.3, 0.4) is 0 Å². The fourth-order valence-corrected chi connectivity index (χ4v) is 3.23. The van der Waals surface area contributed by atoms with Gasteiger partial charge in [0.05, 0.1) is 7.11 Å². The third-order valence-corrected chi connectivity index (χ3v) is 4.24. The van der Waals surface area contributed by atoms with Crippen molar-refractivity contribution in [3.63, 3.8) is 0 Å². The largest absolute Gasteiger partial charge is 0.468 e. The van der Waals surface area contributed by atoms with Gasteiger partial charge < -0.3 is 15.4 Å². The van der Waals surface area contributed by atoms with Gasteiger partial charge in [-0.25, -0.2) is 0 Å². The first-order valence-corrected chi connectivity index (χ1v) is 6.68. The molecule has 4 nitrogen and oxygen atoms in total. The highest BCUT2D eigenvalue weighted by atomic mass is 16.5. The van der Waals surface area contributed by atoms with Crippen molar-refractivity contribution in [3.05, 3.63) is 0 Å². The van der Waals surface area contributed by atoms with E-state index >= 15 is 0 Å². The van der Waals surface area contributed by atoms with Crippen LogP contribution in [0.2, 0.25) is 0 Å². The molecule has 0 bridgehead atoms. The number of rotatable bonds is 3. The van der Waals surface area contributed by atoms with Crippen molar-refractivity contribution in [3.8, 4) is 0 Å². The number of hydrogen-bond acceptors (Lipinski definition) is 4. The van der Waals surface area contributed by atoms with Crippen molar-refractivity contribution in [2.75, 3.05) is 26.7 Å². The number of methoxy groups -OCH3 is 1. The van der Waals surface area contributed by atoms with Crippen LogP contribution in [0, 0.1) is 11.8 Å². The van der Waals surface area contributed by atoms with Gasteiger partial charge in [0.15, 0.2) is 0 Å². The highest BCUT2D eigenvalue weighted by molar-refractivity contribution is 5.80. The fraction of sp³-hybridized carbons (Fsp3) is 0.923. The Labute approximate surface area is 103 Å². The molecule has 4 heteroatoms. The number of hydrogen-bond donors (Lipinski definition) is 2. The van der Waals surface area contributed by atoms with E-state index in [2.05, 4.69) is 10.6 Å². The van der Waals surface area contributed by atoms with Crippen LogP contribution in [-0.4, -0.2) is 38.3 Å². The molecule has 0 amide bonds. The first-order chi connectivity index (χ1) is 8.14. The summed E-state index contributed by atoms with van der Waals surface area (Å²) in [6.07, 6.45) is 4.74. The predicted octanol–water partition coefficient (Wildman–Crippen LogP) is 0.917. The summed E-state index contributed by atoms with van der Waals surface area (Å²) < 4.78 is 4.86. The molecule has 2 heterocycles. The minimum atomic E-state index is -0.452. The molecule has 0 aliphatic carbocycles. The molecule has 2 N–H and O–H groups in total. The Morgan fingerprint density at radius 3 is 2.71 bits per heavy atom. The summed E-state index contributed by atoms with van der Waals surface area (Å²) >= 11 is 0. The van der Waals surface area contributed by atoms with Crippen molar-refractivity contribution in [1.29, 1.82) is 0 Å². The lowest BCUT2D eigenvalue weighted by molar-refractivity contribution is -0.147. The Balaban J connectivity index is 1.82. The molecular weight excluding hydrogens is 216 g/mol. The monoisotopic (exact) mass is 240 g/mol. The maximum absolute atomic E-state index is 11.7. The molecule has 0 aromatic carbocycles. The second-order valence-electron chi connectivity index (χ2n) is 5.70. The zero-order valence-corrected chi connectivity index (χ0v) is 10.9. The Morgan fingerprint density at radius 2 is 2.06 bits per heavy atom. The molecule has 17 heavy (non-hydrogen) atoms. The van der Waals surface area contributed by atoms with Gasteiger partial charge in [0, 0.05) is 0 Å². The number of nitrogens with one attached hydrogen (secondary N) is 2. The van der Waals surface area contributed by atoms with Gasteiger partial charge in [-0.2, -0.15) is 0 Å². The zero-order chi connectivity index (χ0) is 12.3. The van der Waals surface area contributed by atoms with Crippen LogP contribution in [-0.2, 0) is 9.53 Å². The minimum Gasteiger partial charge on any atom is -0.468 e. The van der Waals surface area contributed by atoms with Crippen molar-refractivity contribution in [2.24, 2.45) is 11.8 Å². The second-order valence-corrected chi connectivity index (χ2v) is 5.70. The van der Waals surface area contributed by atoms with Crippen LogP contribution in [0.15, 0.2) is 0 Å². The van der Waals surface area contributed by atoms with E-state index in [9.17, 15) is 4.79 Å². The van der Waals surface area contributed by atoms with E-state index in [1.807, 2.05) is 6.92 Å². The van der Waals surface area contributed by atoms with Crippen LogP contribution in [0.5, 0.6) is 0 Å². The highest BCUT2D eigenvalue weighted by Crippen LogP contribution is 2.31. The summed E-state index contributed by atoms with van der Waals surface area (Å²) in [6.45, 7) is 5.22. The normalized spacial score (nSPS) is 34.8. The molecule has 2 rings (SSSR count). The lowest BCUT2D eigenvalue weighted by Gasteiger charge is -2.25. The number of carbonyl (C=O) groups is 1. The molecule has 2 aliphatic heterocycles. The molecule has 0 aromatic rings. The molecule has 0 aromatic heterocycles. The van der Waals surface area contributed by atoms with Crippen LogP contribution in [0.4, 0.5) is 0 Å². The van der Waals surface area contributed by atoms with E-state index in [0.717, 1.165) is 32.0 Å². The van der Waals surface area contributed by atoms with Gasteiger partial charge in [-0.1, -0.05) is 0 Å². The number of piperidine rings is 1. The first-order valence-electron chi connectivity index (χ1n) is 6.68. The Kier molecular flexibility index (Phi) is 4.05. The Bertz CT molecular complexity index is 277. The number of carbonyl (C=O) groups excluding carboxylic acids is 1. The SMILES string of the molecule is COC(=O)C1(C)CC(CC2CCNCC2)CN1. The van der Waals surface area contributed by atoms with E-state index in [0.29, 0.717) is 5.92 Å². The van der Waals surface area contributed by atoms with Gasteiger partial charge in [-0.05, 0) is 64.1 Å². The van der Waals surface area contributed by atoms with Gasteiger partial charge in [0.2, 0.25) is 0 Å². The van der Waals surface area contributed by atoms with Crippen molar-refractivity contribution in [2.45, 2.75) is 38.1 Å². The maximum atomic E-state index is 11.7. The summed E-state index contributed by atoms with van der Waals surface area (Å²) in [6, 6.07) is 0. The molecule has 98 valence electrons. The van der Waals surface area contributed by atoms with Crippen LogP contribution in [0.25, 0.3) is 0 Å². The third-order valence-electron chi connectivity index (χ3n) is 4.24. The van der Waals surface area contributed by atoms with E-state index in [1.54, 1.807) is 0 Å². The van der Waals surface area contributed by atoms with Gasteiger partial charge >= 0.3 is 5.97 Å². The number of esters is 1. The second kappa shape index (κ2) is 5.36.